The maximum Gasteiger partial charge on any atom is 0.264 e. The fourth-order valence-electron chi connectivity index (χ4n) is 2.68. The Bertz CT molecular complexity index is 1200. The smallest absolute Gasteiger partial charge is 0.264 e. The number of rotatable bonds is 7. The van der Waals surface area contributed by atoms with E-state index in [-0.39, 0.29) is 16.1 Å². The van der Waals surface area contributed by atoms with Crippen molar-refractivity contribution in [1.82, 2.24) is 5.43 Å². The minimum atomic E-state index is -4.17. The molecule has 31 heavy (non-hydrogen) atoms. The number of amides is 1. The monoisotopic (exact) mass is 443 g/mol. The largest absolute Gasteiger partial charge is 0.271 e. The number of carbonyl (C=O) groups excluding carboxylic acids is 1. The van der Waals surface area contributed by atoms with Gasteiger partial charge in [0.2, 0.25) is 0 Å². The van der Waals surface area contributed by atoms with E-state index in [1.807, 2.05) is 6.92 Å². The van der Waals surface area contributed by atoms with Gasteiger partial charge in [0.05, 0.1) is 16.8 Å². The van der Waals surface area contributed by atoms with Gasteiger partial charge in [-0.25, -0.2) is 22.6 Å². The van der Waals surface area contributed by atoms with E-state index >= 15 is 0 Å². The minimum Gasteiger partial charge on any atom is -0.271 e. The van der Waals surface area contributed by atoms with Crippen LogP contribution in [0.2, 0.25) is 0 Å². The molecule has 0 fully saturated rings. The molecular formula is C22H19F2N3O3S. The van der Waals surface area contributed by atoms with E-state index in [1.54, 1.807) is 30.3 Å². The van der Waals surface area contributed by atoms with Gasteiger partial charge in [0.15, 0.2) is 0 Å². The van der Waals surface area contributed by atoms with Crippen molar-refractivity contribution < 1.29 is 22.0 Å². The standard InChI is InChI=1S/C22H19F2N3O3S/c1-16-6-10-19(11-7-16)27(31(29,30)20-12-8-18(23)9-13-20)15-22(28)26-25-14-17-4-2-3-5-21(17)24/h2-14H,15H2,1H3,(H,26,28)/b25-14-. The molecule has 0 unspecified atom stereocenters. The predicted octanol–water partition coefficient (Wildman–Crippen LogP) is 3.62. The molecule has 0 saturated carbocycles. The van der Waals surface area contributed by atoms with Gasteiger partial charge in [0.25, 0.3) is 15.9 Å². The SMILES string of the molecule is Cc1ccc(N(CC(=O)N/N=C\c2ccccc2F)S(=O)(=O)c2ccc(F)cc2)cc1. The highest BCUT2D eigenvalue weighted by Crippen LogP contribution is 2.24. The first-order chi connectivity index (χ1) is 14.8. The average molecular weight is 443 g/mol. The second kappa shape index (κ2) is 9.48. The lowest BCUT2D eigenvalue weighted by atomic mass is 10.2. The van der Waals surface area contributed by atoms with Crippen molar-refractivity contribution in [2.24, 2.45) is 5.10 Å². The molecule has 3 rings (SSSR count). The summed E-state index contributed by atoms with van der Waals surface area (Å²) in [5, 5.41) is 3.69. The Morgan fingerprint density at radius 2 is 1.65 bits per heavy atom. The summed E-state index contributed by atoms with van der Waals surface area (Å²) in [5.74, 6) is -1.83. The van der Waals surface area contributed by atoms with Crippen LogP contribution in [0.5, 0.6) is 0 Å². The van der Waals surface area contributed by atoms with Crippen LogP contribution in [0.4, 0.5) is 14.5 Å². The van der Waals surface area contributed by atoms with Crippen molar-refractivity contribution in [3.8, 4) is 0 Å². The third-order valence-electron chi connectivity index (χ3n) is 4.31. The molecule has 0 saturated heterocycles. The van der Waals surface area contributed by atoms with Crippen LogP contribution in [0.3, 0.4) is 0 Å². The summed E-state index contributed by atoms with van der Waals surface area (Å²) in [5.41, 5.74) is 3.52. The summed E-state index contributed by atoms with van der Waals surface area (Å²) in [6.07, 6.45) is 1.12. The Labute approximate surface area is 178 Å². The normalized spacial score (nSPS) is 11.5. The lowest BCUT2D eigenvalue weighted by Gasteiger charge is -2.23. The highest BCUT2D eigenvalue weighted by atomic mass is 32.2. The first-order valence-corrected chi connectivity index (χ1v) is 10.6. The molecule has 0 aromatic heterocycles. The van der Waals surface area contributed by atoms with Crippen LogP contribution < -0.4 is 9.73 Å². The molecule has 9 heteroatoms. The molecule has 0 bridgehead atoms. The van der Waals surface area contributed by atoms with Crippen LogP contribution in [0, 0.1) is 18.6 Å². The number of carbonyl (C=O) groups is 1. The van der Waals surface area contributed by atoms with Crippen LogP contribution in [0.15, 0.2) is 82.8 Å². The van der Waals surface area contributed by atoms with E-state index in [4.69, 9.17) is 0 Å². The van der Waals surface area contributed by atoms with Gasteiger partial charge in [-0.05, 0) is 49.4 Å². The third-order valence-corrected chi connectivity index (χ3v) is 6.10. The average Bonchev–Trinajstić information content (AvgIpc) is 2.74. The number of hydrogen-bond acceptors (Lipinski definition) is 4. The summed E-state index contributed by atoms with van der Waals surface area (Å²) >= 11 is 0. The van der Waals surface area contributed by atoms with Gasteiger partial charge in [-0.3, -0.25) is 9.10 Å². The molecular weight excluding hydrogens is 424 g/mol. The Morgan fingerprint density at radius 1 is 1.00 bits per heavy atom. The Hall–Kier alpha value is -3.59. The summed E-state index contributed by atoms with van der Waals surface area (Å²) in [6, 6.07) is 16.7. The van der Waals surface area contributed by atoms with E-state index < -0.39 is 34.1 Å². The lowest BCUT2D eigenvalue weighted by molar-refractivity contribution is -0.119. The lowest BCUT2D eigenvalue weighted by Crippen LogP contribution is -2.39. The summed E-state index contributed by atoms with van der Waals surface area (Å²) < 4.78 is 54.1. The van der Waals surface area contributed by atoms with Gasteiger partial charge in [0.1, 0.15) is 18.2 Å². The Balaban J connectivity index is 1.84. The maximum atomic E-state index is 13.6. The van der Waals surface area contributed by atoms with E-state index in [9.17, 15) is 22.0 Å². The van der Waals surface area contributed by atoms with Crippen LogP contribution in [0.1, 0.15) is 11.1 Å². The number of benzene rings is 3. The number of hydrogen-bond donors (Lipinski definition) is 1. The van der Waals surface area contributed by atoms with Gasteiger partial charge >= 0.3 is 0 Å². The zero-order valence-corrected chi connectivity index (χ0v) is 17.3. The molecule has 0 radical (unpaired) electrons. The number of sulfonamides is 1. The van der Waals surface area contributed by atoms with Crippen LogP contribution >= 0.6 is 0 Å². The summed E-state index contributed by atoms with van der Waals surface area (Å²) in [7, 11) is -4.17. The highest BCUT2D eigenvalue weighted by molar-refractivity contribution is 7.92. The van der Waals surface area contributed by atoms with Gasteiger partial charge in [0, 0.05) is 5.56 Å². The topological polar surface area (TPSA) is 78.8 Å². The minimum absolute atomic E-state index is 0.164. The molecule has 0 aliphatic rings. The van der Waals surface area contributed by atoms with Gasteiger partial charge in [-0.15, -0.1) is 0 Å². The number of nitrogens with zero attached hydrogens (tertiary/aromatic N) is 2. The van der Waals surface area contributed by atoms with Crippen LogP contribution in [-0.2, 0) is 14.8 Å². The van der Waals surface area contributed by atoms with E-state index in [0.29, 0.717) is 0 Å². The first-order valence-electron chi connectivity index (χ1n) is 9.19. The second-order valence-corrected chi connectivity index (χ2v) is 8.48. The molecule has 0 heterocycles. The van der Waals surface area contributed by atoms with Gasteiger partial charge in [-0.2, -0.15) is 5.10 Å². The molecule has 0 atom stereocenters. The molecule has 1 N–H and O–H groups in total. The molecule has 3 aromatic carbocycles. The summed E-state index contributed by atoms with van der Waals surface area (Å²) in [6.45, 7) is 1.25. The van der Waals surface area contributed by atoms with E-state index in [1.165, 1.54) is 18.2 Å². The molecule has 0 spiro atoms. The Kier molecular flexibility index (Phi) is 6.76. The fraction of sp³-hybridized carbons (Fsp3) is 0.0909. The zero-order valence-electron chi connectivity index (χ0n) is 16.5. The number of nitrogens with one attached hydrogen (secondary N) is 1. The number of halogens is 2. The quantitative estimate of drug-likeness (QED) is 0.448. The number of hydrazone groups is 1. The van der Waals surface area contributed by atoms with Crippen molar-refractivity contribution in [3.05, 3.63) is 95.6 Å². The number of anilines is 1. The Morgan fingerprint density at radius 3 is 2.29 bits per heavy atom. The van der Waals surface area contributed by atoms with Crippen molar-refractivity contribution >= 4 is 27.8 Å². The van der Waals surface area contributed by atoms with Crippen molar-refractivity contribution in [3.63, 3.8) is 0 Å². The maximum absolute atomic E-state index is 13.6. The highest BCUT2D eigenvalue weighted by Gasteiger charge is 2.27. The van der Waals surface area contributed by atoms with Crippen molar-refractivity contribution in [2.45, 2.75) is 11.8 Å². The molecule has 6 nitrogen and oxygen atoms in total. The molecule has 0 aliphatic heterocycles. The number of aryl methyl sites for hydroxylation is 1. The van der Waals surface area contributed by atoms with Gasteiger partial charge in [-0.1, -0.05) is 35.9 Å². The third kappa shape index (κ3) is 5.52. The van der Waals surface area contributed by atoms with Crippen LogP contribution in [0.25, 0.3) is 0 Å². The first kappa shape index (κ1) is 22.1. The van der Waals surface area contributed by atoms with Crippen molar-refractivity contribution in [1.29, 1.82) is 0 Å². The van der Waals surface area contributed by atoms with Gasteiger partial charge < -0.3 is 0 Å². The van der Waals surface area contributed by atoms with Crippen LogP contribution in [-0.4, -0.2) is 27.1 Å². The molecule has 1 amide bonds. The summed E-state index contributed by atoms with van der Waals surface area (Å²) in [4.78, 5) is 12.2. The molecule has 0 aliphatic carbocycles. The van der Waals surface area contributed by atoms with E-state index in [0.717, 1.165) is 40.3 Å². The molecule has 3 aromatic rings. The second-order valence-electron chi connectivity index (χ2n) is 6.62. The fourth-order valence-corrected chi connectivity index (χ4v) is 4.10. The van der Waals surface area contributed by atoms with Crippen molar-refractivity contribution in [2.75, 3.05) is 10.8 Å². The molecule has 160 valence electrons. The predicted molar refractivity (Wildman–Crippen MR) is 114 cm³/mol. The van der Waals surface area contributed by atoms with E-state index in [2.05, 4.69) is 10.5 Å². The zero-order chi connectivity index (χ0) is 22.4.